The van der Waals surface area contributed by atoms with Crippen molar-refractivity contribution in [2.75, 3.05) is 0 Å². The molecule has 0 unspecified atom stereocenters. The molecule has 0 atom stereocenters. The van der Waals surface area contributed by atoms with Crippen molar-refractivity contribution >= 4 is 0 Å². The molecule has 150 valence electrons. The fraction of sp³-hybridized carbons (Fsp3) is 0.333. The molecule has 1 aliphatic rings. The first-order valence-electron chi connectivity index (χ1n) is 8.89. The van der Waals surface area contributed by atoms with Crippen LogP contribution in [0.5, 0.6) is 0 Å². The highest BCUT2D eigenvalue weighted by molar-refractivity contribution is 5.66. The third-order valence-corrected chi connectivity index (χ3v) is 5.21. The highest BCUT2D eigenvalue weighted by Gasteiger charge is 2.33. The first-order chi connectivity index (χ1) is 13.3. The molecule has 0 aliphatic heterocycles. The Morgan fingerprint density at radius 2 is 1.21 bits per heavy atom. The smallest absolute Gasteiger partial charge is 0.194 e. The van der Waals surface area contributed by atoms with Gasteiger partial charge in [-0.05, 0) is 62.1 Å². The fourth-order valence-corrected chi connectivity index (χ4v) is 3.83. The van der Waals surface area contributed by atoms with Gasteiger partial charge in [-0.15, -0.1) is 0 Å². The molecule has 2 aromatic carbocycles. The van der Waals surface area contributed by atoms with Crippen molar-refractivity contribution in [3.63, 3.8) is 0 Å². The van der Waals surface area contributed by atoms with E-state index in [9.17, 15) is 30.7 Å². The maximum atomic E-state index is 14.6. The van der Waals surface area contributed by atoms with Crippen LogP contribution in [0.25, 0.3) is 11.1 Å². The van der Waals surface area contributed by atoms with Gasteiger partial charge in [0.25, 0.3) is 0 Å². The standard InChI is InChI=1S/C21H17F7/c1-2-3-10-4-6-11(7-5-10)15-18(25)20(27)16(21(28)19(15)26)12-8-13(22)17(24)14(23)9-12/h2-3,8-11H,4-7H2,1H3/b3-2+. The number of allylic oxidation sites excluding steroid dienone is 2. The van der Waals surface area contributed by atoms with Crippen molar-refractivity contribution in [3.05, 3.63) is 70.6 Å². The summed E-state index contributed by atoms with van der Waals surface area (Å²) in [6.45, 7) is 1.86. The zero-order chi connectivity index (χ0) is 20.6. The molecule has 3 rings (SSSR count). The lowest BCUT2D eigenvalue weighted by Gasteiger charge is -2.28. The van der Waals surface area contributed by atoms with Crippen LogP contribution in [0.1, 0.15) is 44.1 Å². The number of hydrogen-bond acceptors (Lipinski definition) is 0. The normalized spacial score (nSPS) is 20.1. The molecule has 0 amide bonds. The van der Waals surface area contributed by atoms with Crippen LogP contribution >= 0.6 is 0 Å². The van der Waals surface area contributed by atoms with Crippen molar-refractivity contribution in [1.29, 1.82) is 0 Å². The van der Waals surface area contributed by atoms with Crippen molar-refractivity contribution in [1.82, 2.24) is 0 Å². The topological polar surface area (TPSA) is 0 Å². The highest BCUT2D eigenvalue weighted by atomic mass is 19.2. The molecule has 1 aliphatic carbocycles. The largest absolute Gasteiger partial charge is 0.204 e. The average molecular weight is 402 g/mol. The predicted octanol–water partition coefficient (Wildman–Crippen LogP) is 7.18. The lowest BCUT2D eigenvalue weighted by Crippen LogP contribution is -2.17. The molecular formula is C21H17F7. The molecule has 0 nitrogen and oxygen atoms in total. The van der Waals surface area contributed by atoms with Gasteiger partial charge in [0.05, 0.1) is 5.56 Å². The lowest BCUT2D eigenvalue weighted by molar-refractivity contribution is 0.347. The second-order valence-electron chi connectivity index (χ2n) is 6.94. The lowest BCUT2D eigenvalue weighted by atomic mass is 9.78. The molecule has 0 spiro atoms. The van der Waals surface area contributed by atoms with Gasteiger partial charge in [0.2, 0.25) is 0 Å². The summed E-state index contributed by atoms with van der Waals surface area (Å²) in [6, 6.07) is 0.585. The molecule has 0 radical (unpaired) electrons. The number of halogens is 7. The van der Waals surface area contributed by atoms with Gasteiger partial charge in [0, 0.05) is 5.56 Å². The minimum absolute atomic E-state index is 0.242. The van der Waals surface area contributed by atoms with E-state index in [0.717, 1.165) is 0 Å². The molecule has 1 fully saturated rings. The van der Waals surface area contributed by atoms with Crippen LogP contribution in [0.3, 0.4) is 0 Å². The molecule has 28 heavy (non-hydrogen) atoms. The average Bonchev–Trinajstić information content (AvgIpc) is 2.66. The third kappa shape index (κ3) is 3.54. The van der Waals surface area contributed by atoms with Gasteiger partial charge in [0.1, 0.15) is 0 Å². The van der Waals surface area contributed by atoms with E-state index in [0.29, 0.717) is 37.8 Å². The van der Waals surface area contributed by atoms with E-state index in [-0.39, 0.29) is 5.92 Å². The Morgan fingerprint density at radius 3 is 1.68 bits per heavy atom. The van der Waals surface area contributed by atoms with Crippen LogP contribution in [0, 0.1) is 46.6 Å². The first-order valence-corrected chi connectivity index (χ1v) is 8.89. The maximum absolute atomic E-state index is 14.6. The third-order valence-electron chi connectivity index (χ3n) is 5.21. The van der Waals surface area contributed by atoms with Crippen LogP contribution in [0.4, 0.5) is 30.7 Å². The van der Waals surface area contributed by atoms with Crippen LogP contribution in [-0.4, -0.2) is 0 Å². The molecule has 0 aromatic heterocycles. The Morgan fingerprint density at radius 1 is 0.714 bits per heavy atom. The van der Waals surface area contributed by atoms with E-state index in [1.54, 1.807) is 0 Å². The molecule has 0 saturated heterocycles. The molecule has 0 heterocycles. The van der Waals surface area contributed by atoms with Gasteiger partial charge in [-0.3, -0.25) is 0 Å². The van der Waals surface area contributed by atoms with E-state index < -0.39 is 63.3 Å². The number of hydrogen-bond donors (Lipinski definition) is 0. The zero-order valence-corrected chi connectivity index (χ0v) is 14.9. The van der Waals surface area contributed by atoms with Gasteiger partial charge in [0.15, 0.2) is 40.7 Å². The van der Waals surface area contributed by atoms with E-state index in [1.807, 2.05) is 19.1 Å². The highest BCUT2D eigenvalue weighted by Crippen LogP contribution is 2.42. The second kappa shape index (κ2) is 7.97. The number of benzene rings is 2. The van der Waals surface area contributed by atoms with E-state index in [4.69, 9.17) is 0 Å². The molecule has 0 N–H and O–H groups in total. The minimum Gasteiger partial charge on any atom is -0.204 e. The van der Waals surface area contributed by atoms with E-state index in [2.05, 4.69) is 0 Å². The molecule has 2 aromatic rings. The first kappa shape index (κ1) is 20.4. The molecule has 1 saturated carbocycles. The number of rotatable bonds is 3. The van der Waals surface area contributed by atoms with Gasteiger partial charge in [-0.2, -0.15) is 0 Å². The van der Waals surface area contributed by atoms with Crippen LogP contribution < -0.4 is 0 Å². The van der Waals surface area contributed by atoms with Crippen molar-refractivity contribution in [2.45, 2.75) is 38.5 Å². The van der Waals surface area contributed by atoms with Gasteiger partial charge < -0.3 is 0 Å². The summed E-state index contributed by atoms with van der Waals surface area (Å²) in [6.07, 6.45) is 5.79. The Hall–Kier alpha value is -2.31. The molecule has 7 heteroatoms. The summed E-state index contributed by atoms with van der Waals surface area (Å²) in [5, 5.41) is 0. The van der Waals surface area contributed by atoms with Crippen molar-refractivity contribution in [3.8, 4) is 11.1 Å². The van der Waals surface area contributed by atoms with Crippen molar-refractivity contribution < 1.29 is 30.7 Å². The maximum Gasteiger partial charge on any atom is 0.194 e. The fourth-order valence-electron chi connectivity index (χ4n) is 3.83. The minimum atomic E-state index is -1.85. The van der Waals surface area contributed by atoms with Gasteiger partial charge >= 0.3 is 0 Å². The summed E-state index contributed by atoms with van der Waals surface area (Å²) < 4.78 is 98.3. The Bertz CT molecular complexity index is 873. The zero-order valence-electron chi connectivity index (χ0n) is 14.9. The molecule has 0 bridgehead atoms. The summed E-state index contributed by atoms with van der Waals surface area (Å²) in [5.74, 6) is -12.4. The summed E-state index contributed by atoms with van der Waals surface area (Å²) in [4.78, 5) is 0. The summed E-state index contributed by atoms with van der Waals surface area (Å²) in [5.41, 5.74) is -2.78. The van der Waals surface area contributed by atoms with Crippen LogP contribution in [-0.2, 0) is 0 Å². The van der Waals surface area contributed by atoms with E-state index in [1.165, 1.54) is 0 Å². The van der Waals surface area contributed by atoms with Gasteiger partial charge in [-0.25, -0.2) is 30.7 Å². The quantitative estimate of drug-likeness (QED) is 0.221. The summed E-state index contributed by atoms with van der Waals surface area (Å²) in [7, 11) is 0. The Kier molecular flexibility index (Phi) is 5.82. The van der Waals surface area contributed by atoms with Crippen molar-refractivity contribution in [2.24, 2.45) is 5.92 Å². The predicted molar refractivity (Wildman–Crippen MR) is 91.1 cm³/mol. The van der Waals surface area contributed by atoms with Crippen LogP contribution in [0.2, 0.25) is 0 Å². The Labute approximate surface area is 157 Å². The summed E-state index contributed by atoms with van der Waals surface area (Å²) >= 11 is 0. The Balaban J connectivity index is 2.06. The van der Waals surface area contributed by atoms with Gasteiger partial charge in [-0.1, -0.05) is 12.2 Å². The SMILES string of the molecule is C/C=C/C1CCC(c2c(F)c(F)c(-c3cc(F)c(F)c(F)c3)c(F)c2F)CC1. The van der Waals surface area contributed by atoms with E-state index >= 15 is 0 Å². The monoisotopic (exact) mass is 402 g/mol. The van der Waals surface area contributed by atoms with Crippen LogP contribution in [0.15, 0.2) is 24.3 Å². The second-order valence-corrected chi connectivity index (χ2v) is 6.94. The molecular weight excluding hydrogens is 385 g/mol.